The first-order chi connectivity index (χ1) is 6.45. The smallest absolute Gasteiger partial charge is 0.0460 e. The highest BCUT2D eigenvalue weighted by atomic mass is 35.5. The number of fused-ring (bicyclic) bond motifs is 3. The van der Waals surface area contributed by atoms with Crippen molar-refractivity contribution in [2.75, 3.05) is 0 Å². The third kappa shape index (κ3) is 1.17. The minimum absolute atomic E-state index is 0. The van der Waals surface area contributed by atoms with Crippen molar-refractivity contribution in [2.45, 2.75) is 0 Å². The predicted molar refractivity (Wildman–Crippen MR) is 63.1 cm³/mol. The summed E-state index contributed by atoms with van der Waals surface area (Å²) in [6.45, 7) is 0. The Labute approximate surface area is 88.2 Å². The van der Waals surface area contributed by atoms with E-state index in [1.54, 1.807) is 0 Å². The van der Waals surface area contributed by atoms with E-state index in [2.05, 4.69) is 47.4 Å². The number of aromatic nitrogens is 1. The Morgan fingerprint density at radius 3 is 2.57 bits per heavy atom. The molecule has 0 aliphatic rings. The zero-order valence-electron chi connectivity index (χ0n) is 7.53. The Hall–Kier alpha value is -1.47. The van der Waals surface area contributed by atoms with Gasteiger partial charge in [-0.15, -0.1) is 12.4 Å². The third-order valence-electron chi connectivity index (χ3n) is 2.46. The highest BCUT2D eigenvalue weighted by molar-refractivity contribution is 6.06. The normalized spacial score (nSPS) is 10.3. The lowest BCUT2D eigenvalue weighted by atomic mass is 10.1. The van der Waals surface area contributed by atoms with Gasteiger partial charge in [-0.3, -0.25) is 0 Å². The SMILES string of the molecule is Cl.c1ccc2c(c1)ccc1[nH]ccc12. The fraction of sp³-hybridized carbons (Fsp3) is 0. The minimum Gasteiger partial charge on any atom is -0.361 e. The molecule has 0 amide bonds. The van der Waals surface area contributed by atoms with Crippen LogP contribution in [0.5, 0.6) is 0 Å². The van der Waals surface area contributed by atoms with Crippen LogP contribution >= 0.6 is 12.4 Å². The maximum atomic E-state index is 3.21. The van der Waals surface area contributed by atoms with E-state index in [1.165, 1.54) is 21.7 Å². The molecule has 1 N–H and O–H groups in total. The second kappa shape index (κ2) is 3.35. The molecule has 3 aromatic rings. The van der Waals surface area contributed by atoms with Crippen molar-refractivity contribution >= 4 is 34.1 Å². The van der Waals surface area contributed by atoms with Gasteiger partial charge in [-0.25, -0.2) is 0 Å². The Balaban J connectivity index is 0.000000750. The van der Waals surface area contributed by atoms with Crippen molar-refractivity contribution in [3.63, 3.8) is 0 Å². The molecular formula is C12H10ClN. The molecule has 70 valence electrons. The van der Waals surface area contributed by atoms with Crippen molar-refractivity contribution in [1.29, 1.82) is 0 Å². The van der Waals surface area contributed by atoms with Gasteiger partial charge in [0, 0.05) is 17.1 Å². The summed E-state index contributed by atoms with van der Waals surface area (Å²) in [6.07, 6.45) is 1.98. The Morgan fingerprint density at radius 2 is 1.64 bits per heavy atom. The second-order valence-electron chi connectivity index (χ2n) is 3.23. The lowest BCUT2D eigenvalue weighted by Crippen LogP contribution is -1.72. The van der Waals surface area contributed by atoms with Crippen molar-refractivity contribution in [1.82, 2.24) is 4.98 Å². The Bertz CT molecular complexity index is 568. The first-order valence-electron chi connectivity index (χ1n) is 4.40. The summed E-state index contributed by atoms with van der Waals surface area (Å²) in [4.78, 5) is 3.21. The molecule has 1 heterocycles. The number of nitrogens with one attached hydrogen (secondary N) is 1. The van der Waals surface area contributed by atoms with E-state index in [-0.39, 0.29) is 12.4 Å². The quantitative estimate of drug-likeness (QED) is 0.573. The van der Waals surface area contributed by atoms with Crippen LogP contribution < -0.4 is 0 Å². The molecule has 0 fully saturated rings. The van der Waals surface area contributed by atoms with Crippen LogP contribution in [0, 0.1) is 0 Å². The van der Waals surface area contributed by atoms with Crippen LogP contribution in [0.15, 0.2) is 48.7 Å². The summed E-state index contributed by atoms with van der Waals surface area (Å²) in [5.74, 6) is 0. The van der Waals surface area contributed by atoms with Crippen LogP contribution in [0.1, 0.15) is 0 Å². The van der Waals surface area contributed by atoms with Gasteiger partial charge in [-0.05, 0) is 22.9 Å². The summed E-state index contributed by atoms with van der Waals surface area (Å²) in [5.41, 5.74) is 1.21. The molecule has 0 radical (unpaired) electrons. The van der Waals surface area contributed by atoms with E-state index < -0.39 is 0 Å². The van der Waals surface area contributed by atoms with Crippen LogP contribution in [0.25, 0.3) is 21.7 Å². The van der Waals surface area contributed by atoms with Gasteiger partial charge in [0.15, 0.2) is 0 Å². The zero-order valence-corrected chi connectivity index (χ0v) is 8.34. The van der Waals surface area contributed by atoms with Crippen LogP contribution in [-0.2, 0) is 0 Å². The molecule has 0 aliphatic carbocycles. The first kappa shape index (κ1) is 9.10. The lowest BCUT2D eigenvalue weighted by Gasteiger charge is -1.97. The van der Waals surface area contributed by atoms with Gasteiger partial charge in [0.25, 0.3) is 0 Å². The van der Waals surface area contributed by atoms with E-state index in [0.29, 0.717) is 0 Å². The predicted octanol–water partition coefficient (Wildman–Crippen LogP) is 3.74. The molecule has 0 bridgehead atoms. The van der Waals surface area contributed by atoms with Gasteiger partial charge >= 0.3 is 0 Å². The van der Waals surface area contributed by atoms with Gasteiger partial charge in [0.2, 0.25) is 0 Å². The zero-order chi connectivity index (χ0) is 8.67. The van der Waals surface area contributed by atoms with Gasteiger partial charge in [0.1, 0.15) is 0 Å². The molecular weight excluding hydrogens is 194 g/mol. The topological polar surface area (TPSA) is 15.8 Å². The molecule has 0 spiro atoms. The van der Waals surface area contributed by atoms with Crippen molar-refractivity contribution in [2.24, 2.45) is 0 Å². The number of rotatable bonds is 0. The van der Waals surface area contributed by atoms with Crippen LogP contribution in [-0.4, -0.2) is 4.98 Å². The average molecular weight is 204 g/mol. The highest BCUT2D eigenvalue weighted by Crippen LogP contribution is 2.23. The Morgan fingerprint density at radius 1 is 0.786 bits per heavy atom. The molecule has 1 nitrogen and oxygen atoms in total. The van der Waals surface area contributed by atoms with Crippen molar-refractivity contribution < 1.29 is 0 Å². The summed E-state index contributed by atoms with van der Waals surface area (Å²) < 4.78 is 0. The molecule has 2 aromatic carbocycles. The van der Waals surface area contributed by atoms with E-state index in [4.69, 9.17) is 0 Å². The third-order valence-corrected chi connectivity index (χ3v) is 2.46. The van der Waals surface area contributed by atoms with Crippen molar-refractivity contribution in [3.05, 3.63) is 48.7 Å². The molecule has 0 aliphatic heterocycles. The number of benzene rings is 2. The van der Waals surface area contributed by atoms with Crippen molar-refractivity contribution in [3.8, 4) is 0 Å². The van der Waals surface area contributed by atoms with E-state index >= 15 is 0 Å². The fourth-order valence-electron chi connectivity index (χ4n) is 1.82. The molecule has 14 heavy (non-hydrogen) atoms. The molecule has 1 aromatic heterocycles. The number of H-pyrrole nitrogens is 1. The van der Waals surface area contributed by atoms with E-state index in [9.17, 15) is 0 Å². The van der Waals surface area contributed by atoms with Gasteiger partial charge in [-0.2, -0.15) is 0 Å². The fourth-order valence-corrected chi connectivity index (χ4v) is 1.82. The number of hydrogen-bond acceptors (Lipinski definition) is 0. The minimum atomic E-state index is 0. The van der Waals surface area contributed by atoms with E-state index in [0.717, 1.165) is 0 Å². The molecule has 3 rings (SSSR count). The van der Waals surface area contributed by atoms with Gasteiger partial charge in [0.05, 0.1) is 0 Å². The summed E-state index contributed by atoms with van der Waals surface area (Å²) in [6, 6.07) is 14.8. The lowest BCUT2D eigenvalue weighted by molar-refractivity contribution is 1.48. The standard InChI is InChI=1S/C12H9N.ClH/c1-2-4-10-9(3-1)5-6-12-11(10)7-8-13-12;/h1-8,13H;1H. The molecule has 2 heteroatoms. The van der Waals surface area contributed by atoms with Crippen LogP contribution in [0.4, 0.5) is 0 Å². The van der Waals surface area contributed by atoms with E-state index in [1.807, 2.05) is 6.20 Å². The highest BCUT2D eigenvalue weighted by Gasteiger charge is 1.98. The average Bonchev–Trinajstić information content (AvgIpc) is 2.65. The number of aromatic amines is 1. The summed E-state index contributed by atoms with van der Waals surface area (Å²) in [7, 11) is 0. The number of halogens is 1. The maximum absolute atomic E-state index is 3.21. The first-order valence-corrected chi connectivity index (χ1v) is 4.40. The molecule has 0 atom stereocenters. The summed E-state index contributed by atoms with van der Waals surface area (Å²) >= 11 is 0. The Kier molecular flexibility index (Phi) is 2.18. The van der Waals surface area contributed by atoms with Gasteiger partial charge < -0.3 is 4.98 Å². The van der Waals surface area contributed by atoms with Gasteiger partial charge in [-0.1, -0.05) is 30.3 Å². The molecule has 0 saturated carbocycles. The monoisotopic (exact) mass is 203 g/mol. The van der Waals surface area contributed by atoms with Crippen LogP contribution in [0.2, 0.25) is 0 Å². The van der Waals surface area contributed by atoms with Crippen LogP contribution in [0.3, 0.4) is 0 Å². The molecule has 0 saturated heterocycles. The largest absolute Gasteiger partial charge is 0.361 e. The maximum Gasteiger partial charge on any atom is 0.0460 e. The summed E-state index contributed by atoms with van der Waals surface area (Å²) in [5, 5.41) is 3.92. The number of hydrogen-bond donors (Lipinski definition) is 1. The molecule has 0 unspecified atom stereocenters. The second-order valence-corrected chi connectivity index (χ2v) is 3.23.